The van der Waals surface area contributed by atoms with Gasteiger partial charge in [-0.25, -0.2) is 9.97 Å². The largest absolute Gasteiger partial charge is 0.393 e. The highest BCUT2D eigenvalue weighted by molar-refractivity contribution is 5.92. The Morgan fingerprint density at radius 1 is 1.25 bits per heavy atom. The zero-order valence-electron chi connectivity index (χ0n) is 16.4. The molecule has 28 heavy (non-hydrogen) atoms. The van der Waals surface area contributed by atoms with Crippen molar-refractivity contribution in [3.8, 4) is 0 Å². The molecule has 0 saturated carbocycles. The Balaban J connectivity index is 1.58. The molecule has 1 atom stereocenters. The molecule has 0 bridgehead atoms. The minimum Gasteiger partial charge on any atom is -0.393 e. The van der Waals surface area contributed by atoms with Gasteiger partial charge in [0.05, 0.1) is 17.8 Å². The van der Waals surface area contributed by atoms with E-state index in [2.05, 4.69) is 34.0 Å². The fraction of sp³-hybridized carbons (Fsp3) is 0.524. The van der Waals surface area contributed by atoms with Crippen molar-refractivity contribution in [3.63, 3.8) is 0 Å². The maximum Gasteiger partial charge on any atom is 0.270 e. The number of aliphatic hydroxyl groups is 1. The number of nitrogens with one attached hydrogen (secondary N) is 1. The molecule has 2 aromatic heterocycles. The molecule has 148 valence electrons. The van der Waals surface area contributed by atoms with Crippen molar-refractivity contribution in [2.24, 2.45) is 5.41 Å². The van der Waals surface area contributed by atoms with Crippen LogP contribution in [0.25, 0.3) is 0 Å². The highest BCUT2D eigenvalue weighted by atomic mass is 16.3. The average Bonchev–Trinajstić information content (AvgIpc) is 2.68. The van der Waals surface area contributed by atoms with Crippen LogP contribution in [0.2, 0.25) is 0 Å². The van der Waals surface area contributed by atoms with Crippen LogP contribution in [-0.4, -0.2) is 45.2 Å². The van der Waals surface area contributed by atoms with Crippen LogP contribution in [0.1, 0.15) is 60.9 Å². The fourth-order valence-electron chi connectivity index (χ4n) is 4.11. The number of carbonyl (C=O) groups is 1. The minimum absolute atomic E-state index is 0.0266. The van der Waals surface area contributed by atoms with E-state index in [1.165, 1.54) is 0 Å². The molecule has 1 amide bonds. The SMILES string of the molecule is CC1(C)Cc2nc(N3CCC(O)CC3)ncc2[C@H](NC(=O)c2ccccn2)C1. The Hall–Kier alpha value is -2.54. The van der Waals surface area contributed by atoms with E-state index >= 15 is 0 Å². The Kier molecular flexibility index (Phi) is 5.02. The van der Waals surface area contributed by atoms with Crippen LogP contribution >= 0.6 is 0 Å². The van der Waals surface area contributed by atoms with E-state index in [-0.39, 0.29) is 23.5 Å². The summed E-state index contributed by atoms with van der Waals surface area (Å²) >= 11 is 0. The molecule has 0 spiro atoms. The molecule has 0 aromatic carbocycles. The van der Waals surface area contributed by atoms with Crippen LogP contribution in [0, 0.1) is 5.41 Å². The van der Waals surface area contributed by atoms with Gasteiger partial charge in [-0.3, -0.25) is 9.78 Å². The minimum atomic E-state index is -0.223. The molecule has 3 heterocycles. The van der Waals surface area contributed by atoms with Gasteiger partial charge in [0.1, 0.15) is 5.69 Å². The van der Waals surface area contributed by atoms with Crippen molar-refractivity contribution in [2.45, 2.75) is 51.7 Å². The Morgan fingerprint density at radius 2 is 2.04 bits per heavy atom. The van der Waals surface area contributed by atoms with Gasteiger partial charge < -0.3 is 15.3 Å². The normalized spacial score (nSPS) is 21.8. The summed E-state index contributed by atoms with van der Waals surface area (Å²) in [5, 5.41) is 12.9. The van der Waals surface area contributed by atoms with Crippen LogP contribution < -0.4 is 10.2 Å². The first-order chi connectivity index (χ1) is 13.4. The Labute approximate surface area is 165 Å². The predicted molar refractivity (Wildman–Crippen MR) is 106 cm³/mol. The monoisotopic (exact) mass is 381 g/mol. The van der Waals surface area contributed by atoms with E-state index in [9.17, 15) is 9.90 Å². The van der Waals surface area contributed by atoms with E-state index in [1.54, 1.807) is 18.3 Å². The van der Waals surface area contributed by atoms with Crippen LogP contribution in [-0.2, 0) is 6.42 Å². The summed E-state index contributed by atoms with van der Waals surface area (Å²) < 4.78 is 0. The first kappa shape index (κ1) is 18.8. The molecule has 7 nitrogen and oxygen atoms in total. The van der Waals surface area contributed by atoms with Gasteiger partial charge in [-0.1, -0.05) is 19.9 Å². The van der Waals surface area contributed by atoms with Crippen LogP contribution in [0.3, 0.4) is 0 Å². The highest BCUT2D eigenvalue weighted by Gasteiger charge is 2.35. The number of piperidine rings is 1. The van der Waals surface area contributed by atoms with Gasteiger partial charge in [-0.05, 0) is 43.2 Å². The topological polar surface area (TPSA) is 91.2 Å². The molecule has 1 aliphatic carbocycles. The standard InChI is InChI=1S/C21H27N5O2/c1-21(2)11-17(24-19(28)16-5-3-4-8-22-16)15-13-23-20(25-18(15)12-21)26-9-6-14(27)7-10-26/h3-5,8,13-14,17,27H,6-7,9-12H2,1-2H3,(H,24,28)/t17-/m1/s1. The van der Waals surface area contributed by atoms with Crippen molar-refractivity contribution < 1.29 is 9.90 Å². The maximum atomic E-state index is 12.6. The summed E-state index contributed by atoms with van der Waals surface area (Å²) in [6.45, 7) is 5.94. The smallest absolute Gasteiger partial charge is 0.270 e. The molecule has 1 aliphatic heterocycles. The number of hydrogen-bond donors (Lipinski definition) is 2. The molecule has 2 aromatic rings. The number of nitrogens with zero attached hydrogens (tertiary/aromatic N) is 4. The van der Waals surface area contributed by atoms with E-state index < -0.39 is 0 Å². The lowest BCUT2D eigenvalue weighted by Crippen LogP contribution is -2.39. The van der Waals surface area contributed by atoms with Crippen molar-refractivity contribution in [2.75, 3.05) is 18.0 Å². The second-order valence-corrected chi connectivity index (χ2v) is 8.58. The summed E-state index contributed by atoms with van der Waals surface area (Å²) in [5.74, 6) is 0.543. The summed E-state index contributed by atoms with van der Waals surface area (Å²) in [4.78, 5) is 28.4. The van der Waals surface area contributed by atoms with Gasteiger partial charge in [0.2, 0.25) is 5.95 Å². The molecule has 7 heteroatoms. The van der Waals surface area contributed by atoms with E-state index in [0.29, 0.717) is 5.69 Å². The number of aliphatic hydroxyl groups excluding tert-OH is 1. The van der Waals surface area contributed by atoms with Crippen molar-refractivity contribution in [3.05, 3.63) is 47.5 Å². The van der Waals surface area contributed by atoms with Crippen molar-refractivity contribution >= 4 is 11.9 Å². The molecule has 2 N–H and O–H groups in total. The first-order valence-electron chi connectivity index (χ1n) is 9.92. The third-order valence-corrected chi connectivity index (χ3v) is 5.62. The number of pyridine rings is 1. The maximum absolute atomic E-state index is 12.6. The van der Waals surface area contributed by atoms with Gasteiger partial charge in [-0.2, -0.15) is 0 Å². The number of fused-ring (bicyclic) bond motifs is 1. The second kappa shape index (κ2) is 7.47. The van der Waals surface area contributed by atoms with Gasteiger partial charge >= 0.3 is 0 Å². The quantitative estimate of drug-likeness (QED) is 0.848. The summed E-state index contributed by atoms with van der Waals surface area (Å²) in [7, 11) is 0. The summed E-state index contributed by atoms with van der Waals surface area (Å²) in [6, 6.07) is 5.19. The average molecular weight is 381 g/mol. The van der Waals surface area contributed by atoms with Crippen LogP contribution in [0.4, 0.5) is 5.95 Å². The number of amides is 1. The van der Waals surface area contributed by atoms with Crippen LogP contribution in [0.5, 0.6) is 0 Å². The zero-order valence-corrected chi connectivity index (χ0v) is 16.4. The predicted octanol–water partition coefficient (Wildman–Crippen LogP) is 2.28. The van der Waals surface area contributed by atoms with Gasteiger partial charge in [0.25, 0.3) is 5.91 Å². The van der Waals surface area contributed by atoms with Crippen molar-refractivity contribution in [1.82, 2.24) is 20.3 Å². The molecule has 4 rings (SSSR count). The molecule has 1 saturated heterocycles. The lowest BCUT2D eigenvalue weighted by molar-refractivity contribution is 0.0914. The molecular formula is C21H27N5O2. The number of anilines is 1. The summed E-state index contributed by atoms with van der Waals surface area (Å²) in [5.41, 5.74) is 2.43. The second-order valence-electron chi connectivity index (χ2n) is 8.58. The van der Waals surface area contributed by atoms with Crippen molar-refractivity contribution in [1.29, 1.82) is 0 Å². The van der Waals surface area contributed by atoms with Crippen LogP contribution in [0.15, 0.2) is 30.6 Å². The molecule has 0 unspecified atom stereocenters. The number of hydrogen-bond acceptors (Lipinski definition) is 6. The van der Waals surface area contributed by atoms with Gasteiger partial charge in [-0.15, -0.1) is 0 Å². The molecule has 2 aliphatic rings. The molecule has 0 radical (unpaired) electrons. The van der Waals surface area contributed by atoms with E-state index in [0.717, 1.165) is 56.0 Å². The van der Waals surface area contributed by atoms with E-state index in [4.69, 9.17) is 4.98 Å². The number of carbonyl (C=O) groups excluding carboxylic acids is 1. The Morgan fingerprint density at radius 3 is 2.75 bits per heavy atom. The number of aromatic nitrogens is 3. The van der Waals surface area contributed by atoms with E-state index in [1.807, 2.05) is 12.3 Å². The third-order valence-electron chi connectivity index (χ3n) is 5.62. The lowest BCUT2D eigenvalue weighted by Gasteiger charge is -2.37. The molecular weight excluding hydrogens is 354 g/mol. The summed E-state index contributed by atoms with van der Waals surface area (Å²) in [6.07, 6.45) is 6.43. The van der Waals surface area contributed by atoms with Gasteiger partial charge in [0.15, 0.2) is 0 Å². The highest BCUT2D eigenvalue weighted by Crippen LogP contribution is 2.40. The Bertz CT molecular complexity index is 847. The van der Waals surface area contributed by atoms with Gasteiger partial charge in [0, 0.05) is 31.0 Å². The zero-order chi connectivity index (χ0) is 19.7. The lowest BCUT2D eigenvalue weighted by atomic mass is 9.74. The molecule has 1 fully saturated rings. The first-order valence-corrected chi connectivity index (χ1v) is 9.92. The number of rotatable bonds is 3. The fourth-order valence-corrected chi connectivity index (χ4v) is 4.11. The third kappa shape index (κ3) is 3.99.